The van der Waals surface area contributed by atoms with Crippen molar-refractivity contribution in [3.05, 3.63) is 44.6 Å². The summed E-state index contributed by atoms with van der Waals surface area (Å²) in [6.07, 6.45) is 1.42. The van der Waals surface area contributed by atoms with Crippen molar-refractivity contribution in [1.29, 1.82) is 0 Å². The summed E-state index contributed by atoms with van der Waals surface area (Å²) in [4.78, 5) is 41.6. The first-order valence-corrected chi connectivity index (χ1v) is 8.64. The van der Waals surface area contributed by atoms with Crippen LogP contribution in [0.3, 0.4) is 0 Å². The number of aryl methyl sites for hydroxylation is 4. The lowest BCUT2D eigenvalue weighted by molar-refractivity contribution is -0.122. The molecule has 0 bridgehead atoms. The molecule has 2 amide bonds. The van der Waals surface area contributed by atoms with E-state index in [9.17, 15) is 14.4 Å². The molecule has 0 fully saturated rings. The molecular formula is C16H18N6O3S. The van der Waals surface area contributed by atoms with Gasteiger partial charge >= 0.3 is 0 Å². The van der Waals surface area contributed by atoms with Gasteiger partial charge in [0.1, 0.15) is 11.4 Å². The van der Waals surface area contributed by atoms with Crippen LogP contribution in [-0.2, 0) is 18.4 Å². The molecular weight excluding hydrogens is 356 g/mol. The number of hydrogen-bond donors (Lipinski definition) is 2. The highest BCUT2D eigenvalue weighted by Gasteiger charge is 2.19. The number of carbonyl (C=O) groups is 2. The predicted octanol–water partition coefficient (Wildman–Crippen LogP) is 0.578. The van der Waals surface area contributed by atoms with Crippen molar-refractivity contribution >= 4 is 33.4 Å². The summed E-state index contributed by atoms with van der Waals surface area (Å²) in [5, 5.41) is 4.61. The van der Waals surface area contributed by atoms with Crippen LogP contribution in [0.5, 0.6) is 0 Å². The highest BCUT2D eigenvalue weighted by molar-refractivity contribution is 7.20. The number of thiophene rings is 1. The Morgan fingerprint density at radius 3 is 2.62 bits per heavy atom. The second-order valence-electron chi connectivity index (χ2n) is 5.98. The fourth-order valence-electron chi connectivity index (χ4n) is 2.62. The van der Waals surface area contributed by atoms with Crippen molar-refractivity contribution in [1.82, 2.24) is 30.2 Å². The van der Waals surface area contributed by atoms with Gasteiger partial charge < -0.3 is 4.57 Å². The zero-order chi connectivity index (χ0) is 19.0. The Morgan fingerprint density at radius 2 is 1.96 bits per heavy atom. The van der Waals surface area contributed by atoms with Crippen LogP contribution >= 0.6 is 11.3 Å². The summed E-state index contributed by atoms with van der Waals surface area (Å²) < 4.78 is 2.91. The molecule has 0 radical (unpaired) electrons. The number of amides is 2. The second kappa shape index (κ2) is 6.71. The molecule has 0 aliphatic rings. The van der Waals surface area contributed by atoms with E-state index in [0.29, 0.717) is 20.7 Å². The quantitative estimate of drug-likeness (QED) is 0.652. The normalized spacial score (nSPS) is 10.9. The first-order chi connectivity index (χ1) is 12.3. The van der Waals surface area contributed by atoms with E-state index < -0.39 is 11.8 Å². The maximum absolute atomic E-state index is 12.4. The zero-order valence-corrected chi connectivity index (χ0v) is 15.6. The SMILES string of the molecule is Cc1cc(C)n(CC(=O)NNC(=O)c2sc3ncn(C)c(=O)c3c2C)n1. The van der Waals surface area contributed by atoms with Crippen LogP contribution in [0.1, 0.15) is 26.6 Å². The summed E-state index contributed by atoms with van der Waals surface area (Å²) in [6, 6.07) is 1.86. The summed E-state index contributed by atoms with van der Waals surface area (Å²) >= 11 is 1.11. The molecule has 26 heavy (non-hydrogen) atoms. The van der Waals surface area contributed by atoms with Crippen molar-refractivity contribution in [3.8, 4) is 0 Å². The fourth-order valence-corrected chi connectivity index (χ4v) is 3.65. The largest absolute Gasteiger partial charge is 0.302 e. The number of fused-ring (bicyclic) bond motifs is 1. The number of rotatable bonds is 3. The lowest BCUT2D eigenvalue weighted by Gasteiger charge is -2.08. The van der Waals surface area contributed by atoms with Gasteiger partial charge in [0, 0.05) is 12.7 Å². The van der Waals surface area contributed by atoms with Crippen LogP contribution in [0.4, 0.5) is 0 Å². The molecule has 0 saturated carbocycles. The van der Waals surface area contributed by atoms with Gasteiger partial charge in [0.2, 0.25) is 0 Å². The topological polar surface area (TPSA) is 111 Å². The van der Waals surface area contributed by atoms with Gasteiger partial charge in [-0.15, -0.1) is 11.3 Å². The number of aromatic nitrogens is 4. The lowest BCUT2D eigenvalue weighted by atomic mass is 10.2. The Hall–Kier alpha value is -3.01. The number of nitrogens with one attached hydrogen (secondary N) is 2. The fraction of sp³-hybridized carbons (Fsp3) is 0.312. The third-order valence-corrected chi connectivity index (χ3v) is 5.13. The maximum Gasteiger partial charge on any atom is 0.280 e. The van der Waals surface area contributed by atoms with Gasteiger partial charge in [-0.25, -0.2) is 4.98 Å². The standard InChI is InChI=1S/C16H18N6O3S/c1-8-5-9(2)22(20-8)6-11(23)18-19-14(24)13-10(3)12-15(26-13)17-7-21(4)16(12)25/h5,7H,6H2,1-4H3,(H,18,23)(H,19,24). The van der Waals surface area contributed by atoms with Crippen molar-refractivity contribution in [2.75, 3.05) is 0 Å². The monoisotopic (exact) mass is 374 g/mol. The number of nitrogens with zero attached hydrogens (tertiary/aromatic N) is 4. The number of hydrogen-bond acceptors (Lipinski definition) is 6. The van der Waals surface area contributed by atoms with E-state index in [2.05, 4.69) is 20.9 Å². The lowest BCUT2D eigenvalue weighted by Crippen LogP contribution is -2.43. The smallest absolute Gasteiger partial charge is 0.280 e. The summed E-state index contributed by atoms with van der Waals surface area (Å²) in [7, 11) is 1.60. The van der Waals surface area contributed by atoms with E-state index in [-0.39, 0.29) is 12.1 Å². The first-order valence-electron chi connectivity index (χ1n) is 7.83. The van der Waals surface area contributed by atoms with Gasteiger partial charge in [-0.05, 0) is 32.4 Å². The van der Waals surface area contributed by atoms with Gasteiger partial charge in [-0.1, -0.05) is 0 Å². The van der Waals surface area contributed by atoms with Gasteiger partial charge in [-0.3, -0.25) is 29.9 Å². The van der Waals surface area contributed by atoms with Crippen molar-refractivity contribution in [3.63, 3.8) is 0 Å². The summed E-state index contributed by atoms with van der Waals surface area (Å²) in [5.74, 6) is -0.897. The van der Waals surface area contributed by atoms with Gasteiger partial charge in [0.05, 0.1) is 22.3 Å². The molecule has 2 N–H and O–H groups in total. The van der Waals surface area contributed by atoms with Crippen LogP contribution in [0.25, 0.3) is 10.2 Å². The molecule has 3 aromatic heterocycles. The molecule has 0 spiro atoms. The Bertz CT molecular complexity index is 1080. The van der Waals surface area contributed by atoms with E-state index in [4.69, 9.17) is 0 Å². The Labute approximate surface area is 152 Å². The average Bonchev–Trinajstić information content (AvgIpc) is 3.08. The van der Waals surface area contributed by atoms with Crippen LogP contribution in [-0.4, -0.2) is 31.1 Å². The van der Waals surface area contributed by atoms with Crippen LogP contribution in [0.2, 0.25) is 0 Å². The Morgan fingerprint density at radius 1 is 1.23 bits per heavy atom. The minimum Gasteiger partial charge on any atom is -0.302 e. The first kappa shape index (κ1) is 17.8. The molecule has 0 aliphatic heterocycles. The molecule has 3 aromatic rings. The summed E-state index contributed by atoms with van der Waals surface area (Å²) in [5.41, 5.74) is 6.74. The average molecular weight is 374 g/mol. The van der Waals surface area contributed by atoms with Crippen molar-refractivity contribution in [2.45, 2.75) is 27.3 Å². The van der Waals surface area contributed by atoms with Gasteiger partial charge in [0.25, 0.3) is 17.4 Å². The predicted molar refractivity (Wildman–Crippen MR) is 96.9 cm³/mol. The molecule has 9 nitrogen and oxygen atoms in total. The Kier molecular flexibility index (Phi) is 4.60. The van der Waals surface area contributed by atoms with Crippen LogP contribution < -0.4 is 16.4 Å². The van der Waals surface area contributed by atoms with E-state index in [1.54, 1.807) is 18.7 Å². The molecule has 3 heterocycles. The molecule has 0 saturated heterocycles. The van der Waals surface area contributed by atoms with Crippen LogP contribution in [0.15, 0.2) is 17.2 Å². The van der Waals surface area contributed by atoms with Crippen molar-refractivity contribution < 1.29 is 9.59 Å². The number of carbonyl (C=O) groups excluding carboxylic acids is 2. The third-order valence-electron chi connectivity index (χ3n) is 3.93. The maximum atomic E-state index is 12.4. The number of hydrazine groups is 1. The van der Waals surface area contributed by atoms with E-state index in [1.165, 1.54) is 10.9 Å². The molecule has 0 aliphatic carbocycles. The minimum atomic E-state index is -0.491. The van der Waals surface area contributed by atoms with Crippen LogP contribution in [0, 0.1) is 20.8 Å². The van der Waals surface area contributed by atoms with E-state index in [1.807, 2.05) is 19.9 Å². The van der Waals surface area contributed by atoms with E-state index >= 15 is 0 Å². The second-order valence-corrected chi connectivity index (χ2v) is 6.98. The molecule has 0 aromatic carbocycles. The third kappa shape index (κ3) is 3.23. The molecule has 136 valence electrons. The minimum absolute atomic E-state index is 0.00650. The Balaban J connectivity index is 1.72. The zero-order valence-electron chi connectivity index (χ0n) is 14.8. The highest BCUT2D eigenvalue weighted by atomic mass is 32.1. The molecule has 0 atom stereocenters. The van der Waals surface area contributed by atoms with E-state index in [0.717, 1.165) is 22.7 Å². The van der Waals surface area contributed by atoms with Gasteiger partial charge in [0.15, 0.2) is 0 Å². The summed E-state index contributed by atoms with van der Waals surface area (Å²) in [6.45, 7) is 5.37. The van der Waals surface area contributed by atoms with Crippen molar-refractivity contribution in [2.24, 2.45) is 7.05 Å². The highest BCUT2D eigenvalue weighted by Crippen LogP contribution is 2.26. The molecule has 0 unspecified atom stereocenters. The molecule has 10 heteroatoms. The van der Waals surface area contributed by atoms with Gasteiger partial charge in [-0.2, -0.15) is 5.10 Å². The molecule has 3 rings (SSSR count).